The molecule has 2 unspecified atom stereocenters. The summed E-state index contributed by atoms with van der Waals surface area (Å²) in [6.45, 7) is 3.86. The van der Waals surface area contributed by atoms with Crippen LogP contribution in [0.15, 0.2) is 12.2 Å². The molecule has 2 atom stereocenters. The summed E-state index contributed by atoms with van der Waals surface area (Å²) < 4.78 is 0. The second-order valence-electron chi connectivity index (χ2n) is 3.16. The van der Waals surface area contributed by atoms with Crippen LogP contribution in [0.5, 0.6) is 0 Å². The highest BCUT2D eigenvalue weighted by Crippen LogP contribution is 2.21. The first-order valence-corrected chi connectivity index (χ1v) is 3.89. The van der Waals surface area contributed by atoms with Crippen molar-refractivity contribution in [2.45, 2.75) is 26.7 Å². The van der Waals surface area contributed by atoms with E-state index in [2.05, 4.69) is 19.1 Å². The maximum atomic E-state index is 10.9. The number of Topliss-reactive ketones (excluding diaryl/α,β-unsaturated/α-hetero) is 1. The lowest BCUT2D eigenvalue weighted by atomic mass is 9.88. The van der Waals surface area contributed by atoms with E-state index in [1.165, 1.54) is 6.42 Å². The molecule has 0 aliphatic heterocycles. The molecule has 1 nitrogen and oxygen atoms in total. The third-order valence-electron chi connectivity index (χ3n) is 2.13. The molecule has 1 aliphatic rings. The number of hydrogen-bond acceptors (Lipinski definition) is 1. The van der Waals surface area contributed by atoms with Crippen LogP contribution in [0.1, 0.15) is 26.7 Å². The fourth-order valence-electron chi connectivity index (χ4n) is 1.30. The minimum atomic E-state index is 0.219. The first-order chi connectivity index (χ1) is 4.70. The molecule has 56 valence electrons. The molecule has 10 heavy (non-hydrogen) atoms. The minimum Gasteiger partial charge on any atom is -0.299 e. The molecule has 0 amide bonds. The molecule has 0 aromatic heterocycles. The summed E-state index contributed by atoms with van der Waals surface area (Å²) in [6.07, 6.45) is 6.42. The maximum absolute atomic E-state index is 10.9. The lowest BCUT2D eigenvalue weighted by Crippen LogP contribution is -2.13. The van der Waals surface area contributed by atoms with E-state index in [0.717, 1.165) is 6.42 Å². The van der Waals surface area contributed by atoms with E-state index in [1.54, 1.807) is 6.92 Å². The van der Waals surface area contributed by atoms with Crippen molar-refractivity contribution in [2.24, 2.45) is 11.8 Å². The Labute approximate surface area is 62.1 Å². The summed E-state index contributed by atoms with van der Waals surface area (Å²) in [4.78, 5) is 10.9. The van der Waals surface area contributed by atoms with Gasteiger partial charge >= 0.3 is 0 Å². The van der Waals surface area contributed by atoms with Gasteiger partial charge in [0.1, 0.15) is 5.78 Å². The van der Waals surface area contributed by atoms with Gasteiger partial charge in [-0.2, -0.15) is 0 Å². The average Bonchev–Trinajstić information content (AvgIpc) is 1.88. The topological polar surface area (TPSA) is 17.1 Å². The van der Waals surface area contributed by atoms with Crippen molar-refractivity contribution in [3.8, 4) is 0 Å². The maximum Gasteiger partial charge on any atom is 0.136 e. The monoisotopic (exact) mass is 138 g/mol. The molecular weight excluding hydrogens is 124 g/mol. The summed E-state index contributed by atoms with van der Waals surface area (Å²) >= 11 is 0. The van der Waals surface area contributed by atoms with Gasteiger partial charge in [0, 0.05) is 5.92 Å². The molecule has 0 spiro atoms. The van der Waals surface area contributed by atoms with Gasteiger partial charge in [0.2, 0.25) is 0 Å². The molecule has 0 aromatic carbocycles. The largest absolute Gasteiger partial charge is 0.299 e. The van der Waals surface area contributed by atoms with E-state index in [0.29, 0.717) is 11.7 Å². The summed E-state index contributed by atoms with van der Waals surface area (Å²) in [5.41, 5.74) is 0. The Hall–Kier alpha value is -0.590. The summed E-state index contributed by atoms with van der Waals surface area (Å²) in [5, 5.41) is 0. The third kappa shape index (κ3) is 1.69. The summed E-state index contributed by atoms with van der Waals surface area (Å²) in [6, 6.07) is 0. The van der Waals surface area contributed by atoms with Gasteiger partial charge in [-0.3, -0.25) is 4.79 Å². The number of carbonyl (C=O) groups excluding carboxylic acids is 1. The number of ketones is 1. The second kappa shape index (κ2) is 3.00. The highest BCUT2D eigenvalue weighted by atomic mass is 16.1. The van der Waals surface area contributed by atoms with Crippen molar-refractivity contribution in [2.75, 3.05) is 0 Å². The van der Waals surface area contributed by atoms with Crippen LogP contribution in [0.3, 0.4) is 0 Å². The molecule has 0 saturated heterocycles. The zero-order chi connectivity index (χ0) is 7.56. The average molecular weight is 138 g/mol. The predicted molar refractivity (Wildman–Crippen MR) is 41.7 cm³/mol. The van der Waals surface area contributed by atoms with E-state index in [1.807, 2.05) is 0 Å². The van der Waals surface area contributed by atoms with Gasteiger partial charge in [-0.15, -0.1) is 0 Å². The van der Waals surface area contributed by atoms with Gasteiger partial charge < -0.3 is 0 Å². The van der Waals surface area contributed by atoms with Crippen molar-refractivity contribution in [1.29, 1.82) is 0 Å². The van der Waals surface area contributed by atoms with Crippen molar-refractivity contribution in [1.82, 2.24) is 0 Å². The Morgan fingerprint density at radius 1 is 1.40 bits per heavy atom. The Kier molecular flexibility index (Phi) is 2.25. The number of allylic oxidation sites excluding steroid dienone is 2. The quantitative estimate of drug-likeness (QED) is 0.507. The lowest BCUT2D eigenvalue weighted by molar-refractivity contribution is -0.119. The van der Waals surface area contributed by atoms with E-state index < -0.39 is 0 Å². The highest BCUT2D eigenvalue weighted by molar-refractivity contribution is 5.80. The van der Waals surface area contributed by atoms with Crippen LogP contribution in [0, 0.1) is 11.8 Å². The second-order valence-corrected chi connectivity index (χ2v) is 3.16. The molecule has 0 N–H and O–H groups in total. The van der Waals surface area contributed by atoms with Crippen LogP contribution in [0.2, 0.25) is 0 Å². The van der Waals surface area contributed by atoms with Gasteiger partial charge in [0.05, 0.1) is 0 Å². The first kappa shape index (κ1) is 7.52. The van der Waals surface area contributed by atoms with Crippen LogP contribution in [0.4, 0.5) is 0 Å². The van der Waals surface area contributed by atoms with Crippen molar-refractivity contribution < 1.29 is 4.79 Å². The molecule has 1 aliphatic carbocycles. The smallest absolute Gasteiger partial charge is 0.136 e. The Balaban J connectivity index is 2.53. The zero-order valence-corrected chi connectivity index (χ0v) is 6.63. The zero-order valence-electron chi connectivity index (χ0n) is 6.63. The predicted octanol–water partition coefficient (Wildman–Crippen LogP) is 2.18. The number of rotatable bonds is 1. The van der Waals surface area contributed by atoms with E-state index in [-0.39, 0.29) is 5.92 Å². The molecule has 0 bridgehead atoms. The normalized spacial score (nSPS) is 32.2. The molecule has 0 radical (unpaired) electrons. The van der Waals surface area contributed by atoms with Crippen molar-refractivity contribution >= 4 is 5.78 Å². The van der Waals surface area contributed by atoms with E-state index in [9.17, 15) is 4.79 Å². The van der Waals surface area contributed by atoms with Gasteiger partial charge in [-0.05, 0) is 25.7 Å². The van der Waals surface area contributed by atoms with Gasteiger partial charge in [0.15, 0.2) is 0 Å². The Morgan fingerprint density at radius 2 is 2.10 bits per heavy atom. The fraction of sp³-hybridized carbons (Fsp3) is 0.667. The van der Waals surface area contributed by atoms with E-state index >= 15 is 0 Å². The molecule has 0 aromatic rings. The van der Waals surface area contributed by atoms with Crippen LogP contribution < -0.4 is 0 Å². The van der Waals surface area contributed by atoms with Gasteiger partial charge in [0.25, 0.3) is 0 Å². The standard InChI is InChI=1S/C9H14O/c1-7-3-5-9(6-4-7)8(2)10/h3,5,7,9H,4,6H2,1-2H3. The van der Waals surface area contributed by atoms with Crippen LogP contribution >= 0.6 is 0 Å². The number of carbonyl (C=O) groups is 1. The highest BCUT2D eigenvalue weighted by Gasteiger charge is 2.15. The fourth-order valence-corrected chi connectivity index (χ4v) is 1.30. The molecule has 0 heterocycles. The number of hydrogen-bond donors (Lipinski definition) is 0. The Morgan fingerprint density at radius 3 is 2.50 bits per heavy atom. The van der Waals surface area contributed by atoms with Crippen molar-refractivity contribution in [3.05, 3.63) is 12.2 Å². The SMILES string of the molecule is CC(=O)C1C=CC(C)CC1. The molecular formula is C9H14O. The Bertz CT molecular complexity index is 158. The van der Waals surface area contributed by atoms with Gasteiger partial charge in [-0.25, -0.2) is 0 Å². The van der Waals surface area contributed by atoms with Crippen LogP contribution in [0.25, 0.3) is 0 Å². The van der Waals surface area contributed by atoms with Gasteiger partial charge in [-0.1, -0.05) is 19.1 Å². The van der Waals surface area contributed by atoms with Crippen molar-refractivity contribution in [3.63, 3.8) is 0 Å². The first-order valence-electron chi connectivity index (χ1n) is 3.89. The lowest BCUT2D eigenvalue weighted by Gasteiger charge is -2.17. The summed E-state index contributed by atoms with van der Waals surface area (Å²) in [5.74, 6) is 1.20. The molecule has 1 heteroatoms. The van der Waals surface area contributed by atoms with E-state index in [4.69, 9.17) is 0 Å². The molecule has 0 fully saturated rings. The van der Waals surface area contributed by atoms with Crippen LogP contribution in [-0.2, 0) is 4.79 Å². The molecule has 1 rings (SSSR count). The minimum absolute atomic E-state index is 0.219. The molecule has 0 saturated carbocycles. The van der Waals surface area contributed by atoms with Crippen LogP contribution in [-0.4, -0.2) is 5.78 Å². The summed E-state index contributed by atoms with van der Waals surface area (Å²) in [7, 11) is 0. The third-order valence-corrected chi connectivity index (χ3v) is 2.13.